The Balaban J connectivity index is 1.36. The van der Waals surface area contributed by atoms with Gasteiger partial charge in [-0.3, -0.25) is 14.9 Å². The molecule has 1 aliphatic heterocycles. The first-order valence-corrected chi connectivity index (χ1v) is 13.1. The Kier molecular flexibility index (Phi) is 7.40. The first kappa shape index (κ1) is 25.8. The van der Waals surface area contributed by atoms with E-state index in [4.69, 9.17) is 9.72 Å². The molecule has 5 rings (SSSR count). The Morgan fingerprint density at radius 1 is 0.921 bits per heavy atom. The summed E-state index contributed by atoms with van der Waals surface area (Å²) in [6.45, 7) is 12.6. The molecule has 1 fully saturated rings. The number of rotatable bonds is 5. The summed E-state index contributed by atoms with van der Waals surface area (Å²) in [6, 6.07) is 17.9. The summed E-state index contributed by atoms with van der Waals surface area (Å²) < 4.78 is 5.45. The van der Waals surface area contributed by atoms with E-state index < -0.39 is 0 Å². The van der Waals surface area contributed by atoms with Gasteiger partial charge in [0, 0.05) is 54.1 Å². The molecule has 196 valence electrons. The number of benzene rings is 2. The Bertz CT molecular complexity index is 1440. The number of aromatic nitrogens is 2. The second-order valence-electron chi connectivity index (χ2n) is 10.8. The number of nitrogens with one attached hydrogen (secondary N) is 2. The number of fused-ring (bicyclic) bond motifs is 1. The molecule has 2 amide bonds. The van der Waals surface area contributed by atoms with E-state index in [0.717, 1.165) is 83.1 Å². The molecular formula is C31H35N5O2. The summed E-state index contributed by atoms with van der Waals surface area (Å²) in [7, 11) is 0. The van der Waals surface area contributed by atoms with Crippen LogP contribution in [0.5, 0.6) is 0 Å². The number of anilines is 2. The van der Waals surface area contributed by atoms with Crippen LogP contribution >= 0.6 is 0 Å². The van der Waals surface area contributed by atoms with E-state index in [0.29, 0.717) is 0 Å². The molecule has 3 heterocycles. The van der Waals surface area contributed by atoms with Crippen molar-refractivity contribution in [3.63, 3.8) is 0 Å². The van der Waals surface area contributed by atoms with Crippen molar-refractivity contribution in [2.24, 2.45) is 0 Å². The van der Waals surface area contributed by atoms with Crippen molar-refractivity contribution in [2.75, 3.05) is 36.9 Å². The molecule has 0 unspecified atom stereocenters. The maximum Gasteiger partial charge on any atom is 0.323 e. The number of carbonyl (C=O) groups is 1. The summed E-state index contributed by atoms with van der Waals surface area (Å²) in [5, 5.41) is 8.09. The number of amides is 2. The van der Waals surface area contributed by atoms with Crippen molar-refractivity contribution in [2.45, 2.75) is 39.7 Å². The molecular weight excluding hydrogens is 474 g/mol. The van der Waals surface area contributed by atoms with Crippen molar-refractivity contribution in [1.29, 1.82) is 0 Å². The van der Waals surface area contributed by atoms with Crippen molar-refractivity contribution >= 4 is 28.2 Å². The van der Waals surface area contributed by atoms with Crippen molar-refractivity contribution in [3.05, 3.63) is 83.9 Å². The van der Waals surface area contributed by atoms with Crippen LogP contribution in [0.1, 0.15) is 37.7 Å². The SMILES string of the molecule is Cc1c(NC(=O)Nc2ccc(-c3ccc(CN4CCOCC4)nc3)c3ccccc23)ccnc1C(C)(C)C. The minimum absolute atomic E-state index is 0.111. The highest BCUT2D eigenvalue weighted by Gasteiger charge is 2.20. The lowest BCUT2D eigenvalue weighted by molar-refractivity contribution is 0.0336. The van der Waals surface area contributed by atoms with Crippen LogP contribution in [0.15, 0.2) is 67.0 Å². The zero-order valence-electron chi connectivity index (χ0n) is 22.5. The van der Waals surface area contributed by atoms with Crippen molar-refractivity contribution < 1.29 is 9.53 Å². The van der Waals surface area contributed by atoms with Gasteiger partial charge in [-0.2, -0.15) is 0 Å². The van der Waals surface area contributed by atoms with Gasteiger partial charge in [0.15, 0.2) is 0 Å². The summed E-state index contributed by atoms with van der Waals surface area (Å²) in [4.78, 5) is 24.7. The summed E-state index contributed by atoms with van der Waals surface area (Å²) in [5.74, 6) is 0. The van der Waals surface area contributed by atoms with Gasteiger partial charge in [-0.1, -0.05) is 57.2 Å². The Hall–Kier alpha value is -3.81. The van der Waals surface area contributed by atoms with Gasteiger partial charge in [-0.15, -0.1) is 0 Å². The Morgan fingerprint density at radius 2 is 1.66 bits per heavy atom. The largest absolute Gasteiger partial charge is 0.379 e. The van der Waals surface area contributed by atoms with Gasteiger partial charge < -0.3 is 15.4 Å². The number of nitrogens with zero attached hydrogens (tertiary/aromatic N) is 3. The predicted octanol–water partition coefficient (Wildman–Crippen LogP) is 6.38. The monoisotopic (exact) mass is 509 g/mol. The molecule has 4 aromatic rings. The average molecular weight is 510 g/mol. The van der Waals surface area contributed by atoms with Gasteiger partial charge in [0.2, 0.25) is 0 Å². The van der Waals surface area contributed by atoms with Crippen LogP contribution in [-0.4, -0.2) is 47.2 Å². The van der Waals surface area contributed by atoms with Crippen molar-refractivity contribution in [3.8, 4) is 11.1 Å². The summed E-state index contributed by atoms with van der Waals surface area (Å²) >= 11 is 0. The smallest absolute Gasteiger partial charge is 0.323 e. The lowest BCUT2D eigenvalue weighted by atomic mass is 9.88. The van der Waals surface area contributed by atoms with E-state index in [-0.39, 0.29) is 11.4 Å². The van der Waals surface area contributed by atoms with Gasteiger partial charge in [0.05, 0.1) is 30.3 Å². The molecule has 0 bridgehead atoms. The average Bonchev–Trinajstić information content (AvgIpc) is 2.91. The molecule has 2 N–H and O–H groups in total. The molecule has 0 atom stereocenters. The Labute approximate surface area is 224 Å². The molecule has 2 aromatic carbocycles. The fourth-order valence-corrected chi connectivity index (χ4v) is 5.03. The van der Waals surface area contributed by atoms with E-state index in [1.165, 1.54) is 0 Å². The molecule has 38 heavy (non-hydrogen) atoms. The summed E-state index contributed by atoms with van der Waals surface area (Å²) in [6.07, 6.45) is 3.68. The number of hydrogen-bond acceptors (Lipinski definition) is 5. The van der Waals surface area contributed by atoms with Gasteiger partial charge in [0.1, 0.15) is 0 Å². The van der Waals surface area contributed by atoms with E-state index in [1.807, 2.05) is 49.5 Å². The number of morpholine rings is 1. The zero-order chi connectivity index (χ0) is 26.7. The van der Waals surface area contributed by atoms with Crippen LogP contribution in [0, 0.1) is 6.92 Å². The van der Waals surface area contributed by atoms with E-state index in [9.17, 15) is 4.79 Å². The highest BCUT2D eigenvalue weighted by molar-refractivity contribution is 6.09. The second-order valence-corrected chi connectivity index (χ2v) is 10.8. The van der Waals surface area contributed by atoms with E-state index in [2.05, 4.69) is 59.5 Å². The van der Waals surface area contributed by atoms with Crippen LogP contribution in [0.2, 0.25) is 0 Å². The molecule has 7 nitrogen and oxygen atoms in total. The quantitative estimate of drug-likeness (QED) is 0.326. The number of hydrogen-bond donors (Lipinski definition) is 2. The first-order chi connectivity index (χ1) is 18.3. The highest BCUT2D eigenvalue weighted by Crippen LogP contribution is 2.33. The Morgan fingerprint density at radius 3 is 2.37 bits per heavy atom. The van der Waals surface area contributed by atoms with Crippen LogP contribution in [0.4, 0.5) is 16.2 Å². The molecule has 0 spiro atoms. The van der Waals surface area contributed by atoms with Gasteiger partial charge in [-0.25, -0.2) is 4.79 Å². The van der Waals surface area contributed by atoms with Crippen LogP contribution < -0.4 is 10.6 Å². The normalized spacial score (nSPS) is 14.4. The lowest BCUT2D eigenvalue weighted by Crippen LogP contribution is -2.35. The van der Waals surface area contributed by atoms with Crippen molar-refractivity contribution in [1.82, 2.24) is 14.9 Å². The van der Waals surface area contributed by atoms with Crippen LogP contribution in [0.3, 0.4) is 0 Å². The molecule has 2 aromatic heterocycles. The molecule has 0 aliphatic carbocycles. The third kappa shape index (κ3) is 5.69. The number of pyridine rings is 2. The molecule has 0 saturated carbocycles. The lowest BCUT2D eigenvalue weighted by Gasteiger charge is -2.26. The first-order valence-electron chi connectivity index (χ1n) is 13.1. The van der Waals surface area contributed by atoms with Gasteiger partial charge in [0.25, 0.3) is 0 Å². The fraction of sp³-hybridized carbons (Fsp3) is 0.323. The molecule has 1 saturated heterocycles. The second kappa shape index (κ2) is 10.9. The fourth-order valence-electron chi connectivity index (χ4n) is 5.03. The topological polar surface area (TPSA) is 79.4 Å². The van der Waals surface area contributed by atoms with Crippen LogP contribution in [-0.2, 0) is 16.7 Å². The molecule has 7 heteroatoms. The number of urea groups is 1. The minimum Gasteiger partial charge on any atom is -0.379 e. The number of ether oxygens (including phenoxy) is 1. The predicted molar refractivity (Wildman–Crippen MR) is 154 cm³/mol. The minimum atomic E-state index is -0.286. The van der Waals surface area contributed by atoms with E-state index in [1.54, 1.807) is 6.20 Å². The maximum absolute atomic E-state index is 13.0. The maximum atomic E-state index is 13.0. The van der Waals surface area contributed by atoms with E-state index >= 15 is 0 Å². The highest BCUT2D eigenvalue weighted by atomic mass is 16.5. The molecule has 1 aliphatic rings. The van der Waals surface area contributed by atoms with Crippen LogP contribution in [0.25, 0.3) is 21.9 Å². The summed E-state index contributed by atoms with van der Waals surface area (Å²) in [5.41, 5.74) is 6.51. The number of carbonyl (C=O) groups excluding carboxylic acids is 1. The third-order valence-electron chi connectivity index (χ3n) is 6.96. The molecule has 0 radical (unpaired) electrons. The van der Waals surface area contributed by atoms with Gasteiger partial charge >= 0.3 is 6.03 Å². The third-order valence-corrected chi connectivity index (χ3v) is 6.96. The zero-order valence-corrected chi connectivity index (χ0v) is 22.5. The van der Waals surface area contributed by atoms with Gasteiger partial charge in [-0.05, 0) is 41.6 Å². The standard InChI is InChI=1S/C31H35N5O2/c1-21-27(13-14-32-29(21)31(2,3)4)34-30(37)35-28-12-11-24(25-7-5-6-8-26(25)28)22-9-10-23(33-19-22)20-36-15-17-38-18-16-36/h5-14,19H,15-18,20H2,1-4H3,(H2,32,34,35,37).